The van der Waals surface area contributed by atoms with Gasteiger partial charge in [-0.2, -0.15) is 5.10 Å². The van der Waals surface area contributed by atoms with Gasteiger partial charge in [-0.05, 0) is 54.6 Å². The number of hydrogen-bond donors (Lipinski definition) is 1. The van der Waals surface area contributed by atoms with Crippen molar-refractivity contribution in [2.24, 2.45) is 0 Å². The first-order chi connectivity index (χ1) is 17.7. The molecular weight excluding hydrogens is 450 g/mol. The van der Waals surface area contributed by atoms with Gasteiger partial charge in [-0.3, -0.25) is 14.8 Å². The summed E-state index contributed by atoms with van der Waals surface area (Å²) in [5.41, 5.74) is 4.79. The van der Waals surface area contributed by atoms with Crippen molar-refractivity contribution in [2.75, 3.05) is 5.32 Å². The molecule has 36 heavy (non-hydrogen) atoms. The molecule has 0 radical (unpaired) electrons. The van der Waals surface area contributed by atoms with Crippen LogP contribution in [0, 0.1) is 0 Å². The van der Waals surface area contributed by atoms with Crippen molar-refractivity contribution in [3.05, 3.63) is 127 Å². The molecule has 7 nitrogen and oxygen atoms in total. The minimum atomic E-state index is -0.263. The summed E-state index contributed by atoms with van der Waals surface area (Å²) in [7, 11) is 0. The lowest BCUT2D eigenvalue weighted by Crippen LogP contribution is -2.08. The molecule has 0 fully saturated rings. The van der Waals surface area contributed by atoms with Gasteiger partial charge in [-0.1, -0.05) is 30.3 Å². The van der Waals surface area contributed by atoms with E-state index in [1.54, 1.807) is 35.4 Å². The summed E-state index contributed by atoms with van der Waals surface area (Å²) in [6, 6.07) is 26.6. The Kier molecular flexibility index (Phi) is 6.90. The lowest BCUT2D eigenvalue weighted by Gasteiger charge is -2.08. The fourth-order valence-corrected chi connectivity index (χ4v) is 3.60. The molecule has 0 spiro atoms. The van der Waals surface area contributed by atoms with Gasteiger partial charge in [-0.25, -0.2) is 4.68 Å². The van der Waals surface area contributed by atoms with E-state index >= 15 is 0 Å². The van der Waals surface area contributed by atoms with E-state index in [0.717, 1.165) is 28.2 Å². The van der Waals surface area contributed by atoms with Crippen LogP contribution in [0.2, 0.25) is 0 Å². The van der Waals surface area contributed by atoms with E-state index in [4.69, 9.17) is 9.84 Å². The van der Waals surface area contributed by atoms with Gasteiger partial charge in [0.25, 0.3) is 0 Å². The largest absolute Gasteiger partial charge is 0.487 e. The number of pyridine rings is 2. The predicted molar refractivity (Wildman–Crippen MR) is 139 cm³/mol. The average molecular weight is 474 g/mol. The molecule has 0 aliphatic heterocycles. The molecule has 5 aromatic rings. The van der Waals surface area contributed by atoms with E-state index in [9.17, 15) is 4.79 Å². The molecule has 2 aromatic carbocycles. The molecule has 0 saturated carbocycles. The van der Waals surface area contributed by atoms with Gasteiger partial charge in [0.15, 0.2) is 0 Å². The third kappa shape index (κ3) is 5.71. The van der Waals surface area contributed by atoms with Crippen LogP contribution < -0.4 is 10.1 Å². The number of anilines is 1. The number of ether oxygens (including phenoxy) is 1. The molecule has 7 heteroatoms. The molecule has 0 bridgehead atoms. The highest BCUT2D eigenvalue weighted by atomic mass is 16.5. The zero-order chi connectivity index (χ0) is 24.6. The molecule has 1 amide bonds. The molecule has 3 aromatic heterocycles. The maximum absolute atomic E-state index is 12.7. The van der Waals surface area contributed by atoms with Crippen LogP contribution in [0.3, 0.4) is 0 Å². The van der Waals surface area contributed by atoms with Gasteiger partial charge in [0.1, 0.15) is 18.1 Å². The Morgan fingerprint density at radius 2 is 1.83 bits per heavy atom. The summed E-state index contributed by atoms with van der Waals surface area (Å²) in [5, 5.41) is 7.63. The van der Waals surface area contributed by atoms with E-state index in [2.05, 4.69) is 15.3 Å². The molecular formula is C29H23N5O2. The van der Waals surface area contributed by atoms with Gasteiger partial charge < -0.3 is 10.1 Å². The summed E-state index contributed by atoms with van der Waals surface area (Å²) >= 11 is 0. The first-order valence-electron chi connectivity index (χ1n) is 11.4. The van der Waals surface area contributed by atoms with Crippen molar-refractivity contribution in [3.8, 4) is 22.7 Å². The van der Waals surface area contributed by atoms with Crippen molar-refractivity contribution in [3.63, 3.8) is 0 Å². The van der Waals surface area contributed by atoms with Crippen LogP contribution in [0.4, 0.5) is 5.69 Å². The minimum absolute atomic E-state index is 0.263. The molecule has 1 N–H and O–H groups in total. The zero-order valence-corrected chi connectivity index (χ0v) is 19.4. The van der Waals surface area contributed by atoms with E-state index in [1.165, 1.54) is 6.08 Å². The van der Waals surface area contributed by atoms with Crippen LogP contribution in [-0.2, 0) is 11.4 Å². The number of hydrogen-bond acceptors (Lipinski definition) is 5. The van der Waals surface area contributed by atoms with Gasteiger partial charge in [0.05, 0.1) is 11.4 Å². The molecule has 0 aliphatic carbocycles. The molecule has 5 rings (SSSR count). The Balaban J connectivity index is 1.31. The third-order valence-electron chi connectivity index (χ3n) is 5.33. The number of para-hydroxylation sites is 1. The first-order valence-corrected chi connectivity index (χ1v) is 11.4. The Labute approximate surface area is 208 Å². The number of carbonyl (C=O) groups is 1. The summed E-state index contributed by atoms with van der Waals surface area (Å²) in [4.78, 5) is 21.2. The first kappa shape index (κ1) is 22.7. The van der Waals surface area contributed by atoms with Crippen LogP contribution in [0.5, 0.6) is 5.75 Å². The number of nitrogens with zero attached hydrogens (tertiary/aromatic N) is 4. The zero-order valence-electron chi connectivity index (χ0n) is 19.4. The monoisotopic (exact) mass is 473 g/mol. The van der Waals surface area contributed by atoms with E-state index in [0.29, 0.717) is 18.0 Å². The summed E-state index contributed by atoms with van der Waals surface area (Å²) in [6.45, 7) is 0.348. The third-order valence-corrected chi connectivity index (χ3v) is 5.33. The maximum Gasteiger partial charge on any atom is 0.248 e. The Morgan fingerprint density at radius 3 is 2.64 bits per heavy atom. The maximum atomic E-state index is 12.7. The van der Waals surface area contributed by atoms with Crippen molar-refractivity contribution in [1.82, 2.24) is 19.7 Å². The fraction of sp³-hybridized carbons (Fsp3) is 0.0345. The number of carbonyl (C=O) groups excluding carboxylic acids is 1. The Hall–Kier alpha value is -5.04. The quantitative estimate of drug-likeness (QED) is 0.298. The van der Waals surface area contributed by atoms with Gasteiger partial charge >= 0.3 is 0 Å². The number of benzene rings is 2. The fourth-order valence-electron chi connectivity index (χ4n) is 3.60. The van der Waals surface area contributed by atoms with E-state index < -0.39 is 0 Å². The molecule has 0 saturated heterocycles. The predicted octanol–water partition coefficient (Wildman–Crippen LogP) is 5.56. The van der Waals surface area contributed by atoms with E-state index in [-0.39, 0.29) is 5.91 Å². The second-order valence-electron chi connectivity index (χ2n) is 7.92. The smallest absolute Gasteiger partial charge is 0.248 e. The molecule has 0 unspecified atom stereocenters. The van der Waals surface area contributed by atoms with Gasteiger partial charge in [-0.15, -0.1) is 0 Å². The Morgan fingerprint density at radius 1 is 0.944 bits per heavy atom. The summed E-state index contributed by atoms with van der Waals surface area (Å²) in [5.74, 6) is 0.381. The van der Waals surface area contributed by atoms with Crippen LogP contribution >= 0.6 is 0 Å². The normalized spacial score (nSPS) is 10.9. The summed E-state index contributed by atoms with van der Waals surface area (Å²) < 4.78 is 7.60. The molecule has 176 valence electrons. The molecule has 0 aliphatic rings. The summed E-state index contributed by atoms with van der Waals surface area (Å²) in [6.07, 6.45) is 10.3. The van der Waals surface area contributed by atoms with Crippen LogP contribution in [0.25, 0.3) is 23.0 Å². The number of rotatable bonds is 8. The standard InChI is InChI=1S/C29H23N5O2/c35-28(32-24-10-6-13-27(18-24)36-21-25-9-4-5-17-31-25)15-14-23-20-34(26-11-2-1-3-12-26)33-29(23)22-8-7-16-30-19-22/h1-20H,21H2,(H,32,35)/b15-14+. The van der Waals surface area contributed by atoms with Gasteiger partial charge in [0, 0.05) is 53.7 Å². The highest BCUT2D eigenvalue weighted by Gasteiger charge is 2.11. The van der Waals surface area contributed by atoms with E-state index in [1.807, 2.05) is 85.1 Å². The second kappa shape index (κ2) is 10.9. The highest BCUT2D eigenvalue weighted by molar-refractivity contribution is 6.02. The average Bonchev–Trinajstić information content (AvgIpc) is 3.37. The van der Waals surface area contributed by atoms with Crippen molar-refractivity contribution < 1.29 is 9.53 Å². The second-order valence-corrected chi connectivity index (χ2v) is 7.92. The van der Waals surface area contributed by atoms with Crippen molar-refractivity contribution in [2.45, 2.75) is 6.61 Å². The van der Waals surface area contributed by atoms with Gasteiger partial charge in [0.2, 0.25) is 5.91 Å². The molecule has 3 heterocycles. The number of amides is 1. The Bertz CT molecular complexity index is 1470. The van der Waals surface area contributed by atoms with Crippen LogP contribution in [0.15, 0.2) is 116 Å². The van der Waals surface area contributed by atoms with Crippen LogP contribution in [-0.4, -0.2) is 25.7 Å². The lowest BCUT2D eigenvalue weighted by molar-refractivity contribution is -0.111. The number of aromatic nitrogens is 4. The lowest BCUT2D eigenvalue weighted by atomic mass is 10.1. The number of nitrogens with one attached hydrogen (secondary N) is 1. The minimum Gasteiger partial charge on any atom is -0.487 e. The van der Waals surface area contributed by atoms with Crippen LogP contribution in [0.1, 0.15) is 11.3 Å². The SMILES string of the molecule is O=C(/C=C/c1cn(-c2ccccc2)nc1-c1cccnc1)Nc1cccc(OCc2ccccn2)c1. The topological polar surface area (TPSA) is 81.9 Å². The highest BCUT2D eigenvalue weighted by Crippen LogP contribution is 2.24. The van der Waals surface area contributed by atoms with Crippen molar-refractivity contribution in [1.29, 1.82) is 0 Å². The molecule has 0 atom stereocenters. The van der Waals surface area contributed by atoms with Crippen molar-refractivity contribution >= 4 is 17.7 Å².